The number of rotatable bonds is 10. The molecule has 0 saturated heterocycles. The van der Waals surface area contributed by atoms with Crippen LogP contribution in [0.3, 0.4) is 0 Å². The number of thiazole rings is 1. The van der Waals surface area contributed by atoms with Crippen molar-refractivity contribution in [2.75, 3.05) is 0 Å². The lowest BCUT2D eigenvalue weighted by atomic mass is 9.80. The zero-order valence-electron chi connectivity index (χ0n) is 23.0. The summed E-state index contributed by atoms with van der Waals surface area (Å²) >= 11 is 7.43. The molecule has 2 aliphatic carbocycles. The van der Waals surface area contributed by atoms with Crippen LogP contribution in [0.25, 0.3) is 10.4 Å². The molecule has 2 saturated carbocycles. The number of carboxylic acids is 1. The smallest absolute Gasteiger partial charge is 0.387 e. The van der Waals surface area contributed by atoms with E-state index in [0.717, 1.165) is 43.4 Å². The maximum Gasteiger partial charge on any atom is 0.387 e. The predicted octanol–water partition coefficient (Wildman–Crippen LogP) is 5.86. The second-order valence-corrected chi connectivity index (χ2v) is 14.7. The summed E-state index contributed by atoms with van der Waals surface area (Å²) < 4.78 is 60.6. The van der Waals surface area contributed by atoms with Crippen molar-refractivity contribution in [1.29, 1.82) is 0 Å². The molecule has 2 aromatic rings. The van der Waals surface area contributed by atoms with Crippen LogP contribution in [0.5, 0.6) is 5.75 Å². The van der Waals surface area contributed by atoms with Gasteiger partial charge in [0, 0.05) is 17.1 Å². The Morgan fingerprint density at radius 1 is 1.20 bits per heavy atom. The van der Waals surface area contributed by atoms with Crippen molar-refractivity contribution in [3.8, 4) is 16.2 Å². The number of amides is 1. The number of hydrogen-bond acceptors (Lipinski definition) is 7. The number of carboxylic acid groups (broad SMARTS) is 1. The summed E-state index contributed by atoms with van der Waals surface area (Å²) in [5.74, 6) is -2.13. The van der Waals surface area contributed by atoms with Gasteiger partial charge in [0.1, 0.15) is 9.92 Å². The van der Waals surface area contributed by atoms with Crippen molar-refractivity contribution < 1.29 is 36.6 Å². The first-order valence-electron chi connectivity index (χ1n) is 13.5. The quantitative estimate of drug-likeness (QED) is 0.298. The number of halogens is 3. The zero-order valence-corrected chi connectivity index (χ0v) is 25.4. The van der Waals surface area contributed by atoms with Crippen molar-refractivity contribution in [2.24, 2.45) is 11.8 Å². The molecule has 9 nitrogen and oxygen atoms in total. The average molecular weight is 634 g/mol. The van der Waals surface area contributed by atoms with E-state index in [-0.39, 0.29) is 22.5 Å². The molecule has 14 heteroatoms. The molecule has 41 heavy (non-hydrogen) atoms. The van der Waals surface area contributed by atoms with E-state index < -0.39 is 55.6 Å². The summed E-state index contributed by atoms with van der Waals surface area (Å²) in [7, 11) is -4.19. The van der Waals surface area contributed by atoms with E-state index in [9.17, 15) is 26.8 Å². The van der Waals surface area contributed by atoms with Gasteiger partial charge in [-0.1, -0.05) is 43.7 Å². The second-order valence-electron chi connectivity index (χ2n) is 11.7. The Morgan fingerprint density at radius 2 is 1.85 bits per heavy atom. The van der Waals surface area contributed by atoms with Crippen molar-refractivity contribution in [3.05, 3.63) is 27.9 Å². The molecule has 0 aliphatic heterocycles. The average Bonchev–Trinajstić information content (AvgIpc) is 3.24. The van der Waals surface area contributed by atoms with Gasteiger partial charge in [0.2, 0.25) is 10.0 Å². The van der Waals surface area contributed by atoms with Gasteiger partial charge < -0.3 is 15.2 Å². The van der Waals surface area contributed by atoms with Crippen LogP contribution in [-0.2, 0) is 21.2 Å². The fourth-order valence-electron chi connectivity index (χ4n) is 5.23. The Hall–Kier alpha value is -2.35. The Bertz CT molecular complexity index is 1400. The highest BCUT2D eigenvalue weighted by Crippen LogP contribution is 2.45. The fourth-order valence-corrected chi connectivity index (χ4v) is 8.26. The second kappa shape index (κ2) is 12.5. The summed E-state index contributed by atoms with van der Waals surface area (Å²) in [6.07, 6.45) is 6.31. The van der Waals surface area contributed by atoms with Crippen LogP contribution < -0.4 is 14.8 Å². The van der Waals surface area contributed by atoms with Crippen LogP contribution in [0.15, 0.2) is 17.0 Å². The van der Waals surface area contributed by atoms with E-state index in [0.29, 0.717) is 29.8 Å². The lowest BCUT2D eigenvalue weighted by Gasteiger charge is -2.32. The van der Waals surface area contributed by atoms with Gasteiger partial charge in [-0.15, -0.1) is 11.3 Å². The van der Waals surface area contributed by atoms with E-state index in [1.54, 1.807) is 20.8 Å². The Balaban J connectivity index is 1.74. The largest absolute Gasteiger partial charge is 0.481 e. The predicted molar refractivity (Wildman–Crippen MR) is 151 cm³/mol. The summed E-state index contributed by atoms with van der Waals surface area (Å²) in [6, 6.07) is 2.28. The zero-order chi connectivity index (χ0) is 30.1. The normalized spacial score (nSPS) is 20.1. The summed E-state index contributed by atoms with van der Waals surface area (Å²) in [4.78, 5) is 28.8. The van der Waals surface area contributed by atoms with Crippen LogP contribution >= 0.6 is 22.9 Å². The van der Waals surface area contributed by atoms with E-state index in [2.05, 4.69) is 15.0 Å². The number of benzene rings is 1. The Morgan fingerprint density at radius 3 is 2.44 bits per heavy atom. The minimum Gasteiger partial charge on any atom is -0.481 e. The first kappa shape index (κ1) is 31.6. The molecule has 0 bridgehead atoms. The number of alkyl halides is 2. The fraction of sp³-hybridized carbons (Fsp3) is 0.593. The van der Waals surface area contributed by atoms with Crippen molar-refractivity contribution in [1.82, 2.24) is 15.0 Å². The maximum atomic E-state index is 13.6. The van der Waals surface area contributed by atoms with E-state index >= 15 is 0 Å². The van der Waals surface area contributed by atoms with Crippen LogP contribution in [-0.4, -0.2) is 48.6 Å². The molecule has 0 atom stereocenters. The summed E-state index contributed by atoms with van der Waals surface area (Å²) in [5.41, 5.74) is -0.229. The topological polar surface area (TPSA) is 135 Å². The van der Waals surface area contributed by atoms with Gasteiger partial charge in [-0.3, -0.25) is 9.59 Å². The third-order valence-corrected chi connectivity index (χ3v) is 10.6. The molecule has 2 aliphatic rings. The highest BCUT2D eigenvalue weighted by atomic mass is 35.5. The van der Waals surface area contributed by atoms with Gasteiger partial charge in [0.15, 0.2) is 10.8 Å². The number of sulfonamides is 1. The highest BCUT2D eigenvalue weighted by Gasteiger charge is 2.36. The number of nitrogens with zero attached hydrogens (tertiary/aromatic N) is 1. The number of ether oxygens (including phenoxy) is 1. The van der Waals surface area contributed by atoms with Gasteiger partial charge in [-0.25, -0.2) is 18.1 Å². The lowest BCUT2D eigenvalue weighted by Crippen LogP contribution is -2.46. The monoisotopic (exact) mass is 633 g/mol. The Labute approximate surface area is 247 Å². The van der Waals surface area contributed by atoms with E-state index in [1.807, 2.05) is 0 Å². The third-order valence-electron chi connectivity index (χ3n) is 7.16. The number of carbonyl (C=O) groups is 2. The number of hydrogen-bond donors (Lipinski definition) is 3. The molecular formula is C27H34ClF2N3O6S2. The molecule has 0 radical (unpaired) electrons. The standard InChI is InChI=1S/C27H34ClF2N3O6S2/c1-27(2,3)33-41(37,38)19-10-9-17(21(20(19)28)39-26(29)30)22-18(11-14-7-5-4-6-8-14)32-24(40-22)23(34)31-16-12-15(13-16)25(35)36/h9-10,14-16,26,33H,4-8,11-13H2,1-3H3,(H,31,34)(H,35,36)/t15-,16-. The molecule has 1 heterocycles. The van der Waals surface area contributed by atoms with Crippen LogP contribution in [0.4, 0.5) is 8.78 Å². The molecular weight excluding hydrogens is 600 g/mol. The summed E-state index contributed by atoms with van der Waals surface area (Å²) in [5, 5.41) is 11.5. The van der Waals surface area contributed by atoms with Gasteiger partial charge in [-0.05, 0) is 58.1 Å². The third kappa shape index (κ3) is 7.74. The van der Waals surface area contributed by atoms with Gasteiger partial charge >= 0.3 is 12.6 Å². The van der Waals surface area contributed by atoms with Gasteiger partial charge in [0.25, 0.3) is 5.91 Å². The molecule has 1 aromatic heterocycles. The lowest BCUT2D eigenvalue weighted by molar-refractivity contribution is -0.145. The van der Waals surface area contributed by atoms with E-state index in [1.165, 1.54) is 12.1 Å². The number of carbonyl (C=O) groups excluding carboxylic acids is 1. The number of aromatic nitrogens is 1. The molecule has 2 fully saturated rings. The molecule has 3 N–H and O–H groups in total. The summed E-state index contributed by atoms with van der Waals surface area (Å²) in [6.45, 7) is 1.61. The minimum atomic E-state index is -4.19. The van der Waals surface area contributed by atoms with Crippen LogP contribution in [0.2, 0.25) is 5.02 Å². The van der Waals surface area contributed by atoms with Crippen molar-refractivity contribution in [2.45, 2.75) is 95.2 Å². The first-order valence-corrected chi connectivity index (χ1v) is 16.2. The minimum absolute atomic E-state index is 0.0924. The molecule has 0 spiro atoms. The van der Waals surface area contributed by atoms with Gasteiger partial charge in [0.05, 0.1) is 16.5 Å². The first-order chi connectivity index (χ1) is 19.1. The van der Waals surface area contributed by atoms with Crippen molar-refractivity contribution in [3.63, 3.8) is 0 Å². The molecule has 0 unspecified atom stereocenters. The van der Waals surface area contributed by atoms with Crippen LogP contribution in [0, 0.1) is 11.8 Å². The SMILES string of the molecule is CC(C)(C)NS(=O)(=O)c1ccc(-c2sc(C(=O)N[C@H]3C[C@H](C(=O)O)C3)nc2CC2CCCCC2)c(OC(F)F)c1Cl. The maximum absolute atomic E-state index is 13.6. The number of nitrogens with one attached hydrogen (secondary N) is 2. The van der Waals surface area contributed by atoms with E-state index in [4.69, 9.17) is 21.4 Å². The van der Waals surface area contributed by atoms with Crippen molar-refractivity contribution >= 4 is 44.8 Å². The van der Waals surface area contributed by atoms with Gasteiger partial charge in [-0.2, -0.15) is 8.78 Å². The Kier molecular flexibility index (Phi) is 9.62. The molecule has 4 rings (SSSR count). The number of aliphatic carboxylic acids is 1. The van der Waals surface area contributed by atoms with Crippen LogP contribution in [0.1, 0.15) is 81.2 Å². The molecule has 226 valence electrons. The molecule has 1 aromatic carbocycles. The molecule has 1 amide bonds. The highest BCUT2D eigenvalue weighted by molar-refractivity contribution is 7.89.